The Bertz CT molecular complexity index is 1390. The van der Waals surface area contributed by atoms with Crippen molar-refractivity contribution < 1.29 is 31.0 Å². The van der Waals surface area contributed by atoms with E-state index in [0.717, 1.165) is 11.3 Å². The Morgan fingerprint density at radius 1 is 1.15 bits per heavy atom. The maximum absolute atomic E-state index is 13.3. The summed E-state index contributed by atoms with van der Waals surface area (Å²) in [6.45, 7) is 0. The third-order valence-electron chi connectivity index (χ3n) is 4.90. The molecule has 34 heavy (non-hydrogen) atoms. The summed E-state index contributed by atoms with van der Waals surface area (Å²) < 4.78 is 64.4. The molecular weight excluding hydrogens is 473 g/mol. The van der Waals surface area contributed by atoms with E-state index in [4.69, 9.17) is 4.55 Å². The van der Waals surface area contributed by atoms with Gasteiger partial charge >= 0.3 is 17.5 Å². The fraction of sp³-hybridized carbons (Fsp3) is 0.0909. The molecule has 0 aliphatic heterocycles. The number of carbonyl (C=O) groups is 1. The first-order valence-electron chi connectivity index (χ1n) is 9.71. The number of hydrogen-bond acceptors (Lipinski definition) is 5. The molecule has 0 saturated heterocycles. The third-order valence-corrected chi connectivity index (χ3v) is 5.25. The molecule has 8 nitrogen and oxygen atoms in total. The lowest BCUT2D eigenvalue weighted by Crippen LogP contribution is -2.18. The lowest BCUT2D eigenvalue weighted by Gasteiger charge is -2.14. The van der Waals surface area contributed by atoms with E-state index in [1.54, 1.807) is 30.3 Å². The summed E-state index contributed by atoms with van der Waals surface area (Å²) in [6, 6.07) is 15.3. The number of benzene rings is 2. The predicted octanol–water partition coefficient (Wildman–Crippen LogP) is 5.01. The van der Waals surface area contributed by atoms with E-state index < -0.39 is 29.1 Å². The Kier molecular flexibility index (Phi) is 6.37. The van der Waals surface area contributed by atoms with E-state index in [2.05, 4.69) is 19.6 Å². The lowest BCUT2D eigenvalue weighted by atomic mass is 10.0. The van der Waals surface area contributed by atoms with Gasteiger partial charge in [0.1, 0.15) is 5.69 Å². The zero-order valence-electron chi connectivity index (χ0n) is 17.5. The number of fused-ring (bicyclic) bond motifs is 1. The molecule has 3 N–H and O–H groups in total. The molecule has 2 heterocycles. The molecule has 2 aromatic carbocycles. The van der Waals surface area contributed by atoms with Crippen LogP contribution in [-0.2, 0) is 21.8 Å². The topological polar surface area (TPSA) is 108 Å². The maximum atomic E-state index is 13.3. The number of aromatic nitrogens is 2. The van der Waals surface area contributed by atoms with Crippen molar-refractivity contribution in [3.63, 3.8) is 0 Å². The molecular formula is C22H17F3N4O4S. The summed E-state index contributed by atoms with van der Waals surface area (Å²) in [5.74, 6) is -0.502. The van der Waals surface area contributed by atoms with Gasteiger partial charge in [-0.15, -0.1) is 4.28 Å². The van der Waals surface area contributed by atoms with Crippen molar-refractivity contribution in [1.29, 1.82) is 0 Å². The Hall–Kier alpha value is -3.74. The lowest BCUT2D eigenvalue weighted by molar-refractivity contribution is -0.140. The molecule has 4 aromatic rings. The fourth-order valence-electron chi connectivity index (χ4n) is 3.40. The normalized spacial score (nSPS) is 12.5. The predicted molar refractivity (Wildman–Crippen MR) is 121 cm³/mol. The summed E-state index contributed by atoms with van der Waals surface area (Å²) in [4.78, 5) is 19.2. The first-order valence-corrected chi connectivity index (χ1v) is 10.7. The van der Waals surface area contributed by atoms with Crippen LogP contribution in [0.1, 0.15) is 16.2 Å². The number of alkyl halides is 3. The summed E-state index contributed by atoms with van der Waals surface area (Å²) >= 11 is -2.49. The molecule has 0 aliphatic carbocycles. The van der Waals surface area contributed by atoms with Crippen LogP contribution in [0.15, 0.2) is 66.9 Å². The van der Waals surface area contributed by atoms with Crippen molar-refractivity contribution in [2.45, 2.75) is 6.18 Å². The number of rotatable bonds is 6. The Balaban J connectivity index is 1.58. The molecule has 1 unspecified atom stereocenters. The van der Waals surface area contributed by atoms with Crippen LogP contribution in [0.2, 0.25) is 0 Å². The van der Waals surface area contributed by atoms with E-state index in [0.29, 0.717) is 22.3 Å². The van der Waals surface area contributed by atoms with Crippen LogP contribution >= 0.6 is 0 Å². The SMILES string of the molecule is CN(OS(=O)O)c1ccc2cc(C(=O)Nc3cccc(-c4cccnc4C(F)(F)F)c3)[nH]c2c1. The molecule has 0 aliphatic rings. The quantitative estimate of drug-likeness (QED) is 0.259. The van der Waals surface area contributed by atoms with Gasteiger partial charge in [-0.25, -0.2) is 5.06 Å². The number of pyridine rings is 1. The molecule has 1 atom stereocenters. The summed E-state index contributed by atoms with van der Waals surface area (Å²) in [6.07, 6.45) is -3.54. The smallest absolute Gasteiger partial charge is 0.350 e. The maximum Gasteiger partial charge on any atom is 0.433 e. The monoisotopic (exact) mass is 490 g/mol. The van der Waals surface area contributed by atoms with Crippen LogP contribution in [-0.4, -0.2) is 31.7 Å². The molecule has 0 bridgehead atoms. The van der Waals surface area contributed by atoms with Gasteiger partial charge < -0.3 is 10.3 Å². The number of carbonyl (C=O) groups excluding carboxylic acids is 1. The summed E-state index contributed by atoms with van der Waals surface area (Å²) in [5, 5.41) is 4.48. The van der Waals surface area contributed by atoms with Crippen molar-refractivity contribution in [1.82, 2.24) is 9.97 Å². The van der Waals surface area contributed by atoms with Gasteiger partial charge in [0.2, 0.25) is 0 Å². The molecule has 176 valence electrons. The van der Waals surface area contributed by atoms with Crippen molar-refractivity contribution in [2.75, 3.05) is 17.4 Å². The highest BCUT2D eigenvalue weighted by Crippen LogP contribution is 2.36. The second-order valence-corrected chi connectivity index (χ2v) is 7.76. The second-order valence-electron chi connectivity index (χ2n) is 7.18. The largest absolute Gasteiger partial charge is 0.433 e. The first-order chi connectivity index (χ1) is 16.1. The van der Waals surface area contributed by atoms with Crippen molar-refractivity contribution in [3.8, 4) is 11.1 Å². The van der Waals surface area contributed by atoms with Crippen LogP contribution in [0.4, 0.5) is 24.5 Å². The number of anilines is 2. The van der Waals surface area contributed by atoms with Crippen LogP contribution in [0, 0.1) is 0 Å². The second kappa shape index (κ2) is 9.25. The molecule has 0 spiro atoms. The highest BCUT2D eigenvalue weighted by molar-refractivity contribution is 7.74. The zero-order chi connectivity index (χ0) is 24.5. The Labute approximate surface area is 193 Å². The van der Waals surface area contributed by atoms with Gasteiger partial charge in [0.25, 0.3) is 5.91 Å². The van der Waals surface area contributed by atoms with E-state index in [1.807, 2.05) is 0 Å². The molecule has 2 aromatic heterocycles. The van der Waals surface area contributed by atoms with Gasteiger partial charge in [-0.3, -0.25) is 14.3 Å². The van der Waals surface area contributed by atoms with Crippen LogP contribution < -0.4 is 10.4 Å². The van der Waals surface area contributed by atoms with Crippen LogP contribution in [0.3, 0.4) is 0 Å². The van der Waals surface area contributed by atoms with Crippen LogP contribution in [0.25, 0.3) is 22.0 Å². The summed E-state index contributed by atoms with van der Waals surface area (Å²) in [7, 11) is 1.45. The standard InChI is InChI=1S/C22H17F3N4O4S/c1-29(33-34(31)32)16-8-7-14-11-19(28-18(14)12-16)21(30)27-15-5-2-4-13(10-15)17-6-3-9-26-20(17)22(23,24)25/h2-12,28H,1H3,(H,27,30)(H,31,32). The fourth-order valence-corrected chi connectivity index (χ4v) is 3.68. The average Bonchev–Trinajstić information content (AvgIpc) is 3.22. The minimum Gasteiger partial charge on any atom is -0.350 e. The van der Waals surface area contributed by atoms with Crippen LogP contribution in [0.5, 0.6) is 0 Å². The number of aromatic amines is 1. The first kappa shape index (κ1) is 23.4. The summed E-state index contributed by atoms with van der Waals surface area (Å²) in [5.41, 5.74) is 0.697. The molecule has 0 fully saturated rings. The van der Waals surface area contributed by atoms with Crippen molar-refractivity contribution >= 4 is 39.5 Å². The highest BCUT2D eigenvalue weighted by Gasteiger charge is 2.35. The molecule has 0 radical (unpaired) electrons. The third kappa shape index (κ3) is 5.09. The van der Waals surface area contributed by atoms with E-state index in [-0.39, 0.29) is 16.8 Å². The Morgan fingerprint density at radius 2 is 1.94 bits per heavy atom. The molecule has 1 amide bonds. The van der Waals surface area contributed by atoms with Gasteiger partial charge in [-0.2, -0.15) is 17.4 Å². The average molecular weight is 490 g/mol. The molecule has 4 rings (SSSR count). The molecule has 0 saturated carbocycles. The number of halogens is 3. The number of hydroxylamine groups is 1. The van der Waals surface area contributed by atoms with E-state index in [9.17, 15) is 22.2 Å². The minimum atomic E-state index is -4.62. The number of amides is 1. The zero-order valence-corrected chi connectivity index (χ0v) is 18.3. The van der Waals surface area contributed by atoms with Crippen molar-refractivity contribution in [2.24, 2.45) is 0 Å². The highest BCUT2D eigenvalue weighted by atomic mass is 32.2. The number of H-pyrrole nitrogens is 1. The Morgan fingerprint density at radius 3 is 2.68 bits per heavy atom. The van der Waals surface area contributed by atoms with Gasteiger partial charge in [0.05, 0.1) is 5.69 Å². The van der Waals surface area contributed by atoms with E-state index >= 15 is 0 Å². The van der Waals surface area contributed by atoms with Gasteiger partial charge in [-0.1, -0.05) is 24.3 Å². The minimum absolute atomic E-state index is 0.0978. The number of hydrogen-bond donors (Lipinski definition) is 3. The number of nitrogens with one attached hydrogen (secondary N) is 2. The van der Waals surface area contributed by atoms with Gasteiger partial charge in [0, 0.05) is 35.4 Å². The van der Waals surface area contributed by atoms with Gasteiger partial charge in [0.15, 0.2) is 5.69 Å². The van der Waals surface area contributed by atoms with Crippen molar-refractivity contribution in [3.05, 3.63) is 78.2 Å². The van der Waals surface area contributed by atoms with Gasteiger partial charge in [-0.05, 0) is 42.0 Å². The number of nitrogens with zero attached hydrogens (tertiary/aromatic N) is 2. The van der Waals surface area contributed by atoms with E-state index in [1.165, 1.54) is 37.4 Å². The molecule has 12 heteroatoms.